The Hall–Kier alpha value is -2.23. The smallest absolute Gasteiger partial charge is 0.182 e. The van der Waals surface area contributed by atoms with Gasteiger partial charge in [-0.05, 0) is 24.3 Å². The van der Waals surface area contributed by atoms with Gasteiger partial charge in [0.1, 0.15) is 11.5 Å². The summed E-state index contributed by atoms with van der Waals surface area (Å²) < 4.78 is 10.9. The van der Waals surface area contributed by atoms with E-state index in [1.807, 2.05) is 24.3 Å². The average Bonchev–Trinajstić information content (AvgIpc) is 2.91. The average molecular weight is 243 g/mol. The van der Waals surface area contributed by atoms with Crippen LogP contribution in [0, 0.1) is 0 Å². The predicted molar refractivity (Wildman–Crippen MR) is 66.8 cm³/mol. The number of para-hydroxylation sites is 2. The Morgan fingerprint density at radius 2 is 2.17 bits per heavy atom. The van der Waals surface area contributed by atoms with Crippen molar-refractivity contribution in [3.8, 4) is 5.75 Å². The highest BCUT2D eigenvalue weighted by Gasteiger charge is 2.25. The molecule has 1 aliphatic rings. The van der Waals surface area contributed by atoms with Crippen molar-refractivity contribution in [2.75, 3.05) is 11.9 Å². The van der Waals surface area contributed by atoms with Gasteiger partial charge in [0.15, 0.2) is 11.9 Å². The number of Topliss-reactive ketones (excluding diaryl/α,β-unsaturated/α-hetero) is 1. The molecule has 0 radical (unpaired) electrons. The van der Waals surface area contributed by atoms with Crippen molar-refractivity contribution in [1.82, 2.24) is 0 Å². The van der Waals surface area contributed by atoms with Gasteiger partial charge in [-0.15, -0.1) is 0 Å². The number of rotatable bonds is 3. The van der Waals surface area contributed by atoms with E-state index in [2.05, 4.69) is 5.32 Å². The van der Waals surface area contributed by atoms with Crippen LogP contribution >= 0.6 is 0 Å². The van der Waals surface area contributed by atoms with Crippen molar-refractivity contribution in [3.05, 3.63) is 48.4 Å². The number of nitrogens with one attached hydrogen (secondary N) is 1. The number of fused-ring (bicyclic) bond motifs is 1. The lowest BCUT2D eigenvalue weighted by Crippen LogP contribution is -2.38. The molecule has 1 aromatic carbocycles. The molecular formula is C14H13NO3. The highest BCUT2D eigenvalue weighted by molar-refractivity contribution is 5.86. The molecule has 4 heteroatoms. The van der Waals surface area contributed by atoms with Crippen LogP contribution in [-0.4, -0.2) is 18.4 Å². The maximum Gasteiger partial charge on any atom is 0.182 e. The van der Waals surface area contributed by atoms with E-state index < -0.39 is 6.10 Å². The first-order chi connectivity index (χ1) is 8.83. The number of carbonyl (C=O) groups is 1. The molecule has 18 heavy (non-hydrogen) atoms. The van der Waals surface area contributed by atoms with Crippen molar-refractivity contribution in [2.24, 2.45) is 0 Å². The fourth-order valence-electron chi connectivity index (χ4n) is 1.99. The van der Waals surface area contributed by atoms with E-state index in [9.17, 15) is 4.79 Å². The number of carbonyl (C=O) groups excluding carboxylic acids is 1. The van der Waals surface area contributed by atoms with Gasteiger partial charge in [-0.25, -0.2) is 0 Å². The number of anilines is 1. The molecule has 1 N–H and O–H groups in total. The van der Waals surface area contributed by atoms with E-state index in [1.165, 1.54) is 0 Å². The molecule has 1 aliphatic heterocycles. The highest BCUT2D eigenvalue weighted by atomic mass is 16.5. The molecular weight excluding hydrogens is 230 g/mol. The van der Waals surface area contributed by atoms with Gasteiger partial charge < -0.3 is 14.5 Å². The molecule has 1 unspecified atom stereocenters. The third-order valence-electron chi connectivity index (χ3n) is 2.92. The summed E-state index contributed by atoms with van der Waals surface area (Å²) in [5.74, 6) is 1.41. The van der Waals surface area contributed by atoms with Crippen LogP contribution < -0.4 is 10.1 Å². The lowest BCUT2D eigenvalue weighted by molar-refractivity contribution is -0.125. The Kier molecular flexibility index (Phi) is 2.76. The van der Waals surface area contributed by atoms with E-state index in [-0.39, 0.29) is 12.2 Å². The predicted octanol–water partition coefficient (Wildman–Crippen LogP) is 2.26. The lowest BCUT2D eigenvalue weighted by atomic mass is 10.1. The summed E-state index contributed by atoms with van der Waals surface area (Å²) >= 11 is 0. The van der Waals surface area contributed by atoms with Gasteiger partial charge in [0.25, 0.3) is 0 Å². The minimum absolute atomic E-state index is 0.0203. The largest absolute Gasteiger partial charge is 0.479 e. The first kappa shape index (κ1) is 10.9. The topological polar surface area (TPSA) is 51.5 Å². The maximum absolute atomic E-state index is 12.1. The first-order valence-corrected chi connectivity index (χ1v) is 5.87. The minimum atomic E-state index is -0.454. The molecule has 0 spiro atoms. The van der Waals surface area contributed by atoms with E-state index in [0.717, 1.165) is 11.4 Å². The third-order valence-corrected chi connectivity index (χ3v) is 2.92. The molecule has 2 heterocycles. The number of benzene rings is 1. The minimum Gasteiger partial charge on any atom is -0.479 e. The van der Waals surface area contributed by atoms with Gasteiger partial charge >= 0.3 is 0 Å². The summed E-state index contributed by atoms with van der Waals surface area (Å²) in [4.78, 5) is 12.1. The van der Waals surface area contributed by atoms with Crippen LogP contribution in [-0.2, 0) is 11.2 Å². The molecule has 0 saturated heterocycles. The van der Waals surface area contributed by atoms with Crippen LogP contribution in [0.5, 0.6) is 5.75 Å². The zero-order valence-electron chi connectivity index (χ0n) is 9.76. The fraction of sp³-hybridized carbons (Fsp3) is 0.214. The van der Waals surface area contributed by atoms with Gasteiger partial charge in [-0.3, -0.25) is 4.79 Å². The summed E-state index contributed by atoms with van der Waals surface area (Å²) in [6.07, 6.45) is 1.38. The van der Waals surface area contributed by atoms with Crippen LogP contribution in [0.1, 0.15) is 5.76 Å². The van der Waals surface area contributed by atoms with Crippen LogP contribution in [0.15, 0.2) is 47.1 Å². The van der Waals surface area contributed by atoms with Crippen LogP contribution in [0.4, 0.5) is 5.69 Å². The number of furan rings is 1. The van der Waals surface area contributed by atoms with Gasteiger partial charge in [-0.1, -0.05) is 12.1 Å². The van der Waals surface area contributed by atoms with Crippen molar-refractivity contribution in [1.29, 1.82) is 0 Å². The Bertz CT molecular complexity index is 548. The standard InChI is InChI=1S/C14H13NO3/c16-12(8-10-4-3-7-17-10)14-9-15-11-5-1-2-6-13(11)18-14/h1-7,14-15H,8-9H2. The van der Waals surface area contributed by atoms with Gasteiger partial charge in [0.05, 0.1) is 24.9 Å². The highest BCUT2D eigenvalue weighted by Crippen LogP contribution is 2.28. The van der Waals surface area contributed by atoms with Crippen molar-refractivity contribution in [2.45, 2.75) is 12.5 Å². The summed E-state index contributed by atoms with van der Waals surface area (Å²) in [5.41, 5.74) is 0.930. The second-order valence-electron chi connectivity index (χ2n) is 4.21. The van der Waals surface area contributed by atoms with Crippen molar-refractivity contribution in [3.63, 3.8) is 0 Å². The Balaban J connectivity index is 1.70. The monoisotopic (exact) mass is 243 g/mol. The summed E-state index contributed by atoms with van der Waals surface area (Å²) in [6, 6.07) is 11.2. The zero-order chi connectivity index (χ0) is 12.4. The van der Waals surface area contributed by atoms with Gasteiger partial charge in [-0.2, -0.15) is 0 Å². The number of ketones is 1. The summed E-state index contributed by atoms with van der Waals surface area (Å²) in [7, 11) is 0. The Labute approximate surface area is 105 Å². The molecule has 1 atom stereocenters. The van der Waals surface area contributed by atoms with E-state index >= 15 is 0 Å². The molecule has 2 aromatic rings. The molecule has 0 aliphatic carbocycles. The maximum atomic E-state index is 12.1. The molecule has 0 amide bonds. The summed E-state index contributed by atoms with van der Waals surface area (Å²) in [6.45, 7) is 0.497. The van der Waals surface area contributed by atoms with E-state index in [1.54, 1.807) is 18.4 Å². The quantitative estimate of drug-likeness (QED) is 0.898. The number of hydrogen-bond acceptors (Lipinski definition) is 4. The number of ether oxygens (including phenoxy) is 1. The van der Waals surface area contributed by atoms with E-state index in [0.29, 0.717) is 12.3 Å². The second kappa shape index (κ2) is 4.56. The molecule has 0 saturated carbocycles. The summed E-state index contributed by atoms with van der Waals surface area (Å²) in [5, 5.41) is 3.20. The normalized spacial score (nSPS) is 17.4. The molecule has 0 bridgehead atoms. The first-order valence-electron chi connectivity index (χ1n) is 5.87. The molecule has 4 nitrogen and oxygen atoms in total. The van der Waals surface area contributed by atoms with Crippen LogP contribution in [0.2, 0.25) is 0 Å². The van der Waals surface area contributed by atoms with Gasteiger partial charge in [0.2, 0.25) is 0 Å². The van der Waals surface area contributed by atoms with Crippen LogP contribution in [0.25, 0.3) is 0 Å². The Morgan fingerprint density at radius 1 is 1.28 bits per heavy atom. The third kappa shape index (κ3) is 2.09. The van der Waals surface area contributed by atoms with Gasteiger partial charge in [0, 0.05) is 0 Å². The molecule has 92 valence electrons. The van der Waals surface area contributed by atoms with Crippen molar-refractivity contribution >= 4 is 11.5 Å². The fourth-order valence-corrected chi connectivity index (χ4v) is 1.99. The van der Waals surface area contributed by atoms with E-state index in [4.69, 9.17) is 9.15 Å². The number of hydrogen-bond donors (Lipinski definition) is 1. The SMILES string of the molecule is O=C(Cc1ccco1)C1CNc2ccccc2O1. The second-order valence-corrected chi connectivity index (χ2v) is 4.21. The molecule has 3 rings (SSSR count). The lowest BCUT2D eigenvalue weighted by Gasteiger charge is -2.26. The van der Waals surface area contributed by atoms with Crippen LogP contribution in [0.3, 0.4) is 0 Å². The zero-order valence-corrected chi connectivity index (χ0v) is 9.76. The Morgan fingerprint density at radius 3 is 3.00 bits per heavy atom. The van der Waals surface area contributed by atoms with Crippen molar-refractivity contribution < 1.29 is 13.9 Å². The molecule has 0 fully saturated rings. The molecule has 1 aromatic heterocycles.